The maximum atomic E-state index is 12.9. The number of carboxylic acids is 1. The molecule has 0 saturated carbocycles. The van der Waals surface area contributed by atoms with Gasteiger partial charge in [0.2, 0.25) is 11.0 Å². The molecular weight excluding hydrogens is 443 g/mol. The summed E-state index contributed by atoms with van der Waals surface area (Å²) in [4.78, 5) is 39.1. The first-order valence-corrected chi connectivity index (χ1v) is 9.68. The molecule has 10 nitrogen and oxygen atoms in total. The van der Waals surface area contributed by atoms with E-state index in [0.29, 0.717) is 10.7 Å². The van der Waals surface area contributed by atoms with E-state index in [2.05, 4.69) is 20.7 Å². The van der Waals surface area contributed by atoms with Gasteiger partial charge in [0.1, 0.15) is 11.6 Å². The average Bonchev–Trinajstić information content (AvgIpc) is 3.24. The van der Waals surface area contributed by atoms with E-state index < -0.39 is 47.2 Å². The molecule has 2 heterocycles. The molecule has 2 rings (SSSR count). The summed E-state index contributed by atoms with van der Waals surface area (Å²) in [7, 11) is 0. The van der Waals surface area contributed by atoms with E-state index in [1.165, 1.54) is 12.3 Å². The van der Waals surface area contributed by atoms with E-state index in [1.54, 1.807) is 20.8 Å². The minimum atomic E-state index is -4.82. The Balaban J connectivity index is 2.04. The van der Waals surface area contributed by atoms with Crippen LogP contribution in [-0.2, 0) is 22.3 Å². The van der Waals surface area contributed by atoms with Crippen LogP contribution in [0.2, 0.25) is 0 Å². The monoisotopic (exact) mass is 463 g/mol. The van der Waals surface area contributed by atoms with Gasteiger partial charge in [-0.2, -0.15) is 23.0 Å². The minimum absolute atomic E-state index is 0.106. The van der Waals surface area contributed by atoms with Crippen LogP contribution in [0.1, 0.15) is 49.6 Å². The van der Waals surface area contributed by atoms with E-state index in [0.717, 1.165) is 11.3 Å². The van der Waals surface area contributed by atoms with Crippen LogP contribution < -0.4 is 10.6 Å². The predicted molar refractivity (Wildman–Crippen MR) is 102 cm³/mol. The number of aromatic carboxylic acids is 1. The summed E-state index contributed by atoms with van der Waals surface area (Å²) in [6.45, 7) is 6.34. The Labute approximate surface area is 178 Å². The summed E-state index contributed by atoms with van der Waals surface area (Å²) in [5.41, 5.74) is -2.53. The Morgan fingerprint density at radius 2 is 1.94 bits per heavy atom. The zero-order chi connectivity index (χ0) is 23.6. The average molecular weight is 463 g/mol. The standard InChI is InChI=1S/C17H20F3N5O5S/c1-8(22-15(29)30-16(2,3)4)12(26)21-6-9-7-31-14(23-9)25-10(13(27)28)5-11(24-25)17(18,19)20/h5,7-8H,6H2,1-4H3,(H,21,26)(H,22,29)(H,27,28)/t8-/m0/s1. The van der Waals surface area contributed by atoms with Crippen molar-refractivity contribution in [2.75, 3.05) is 0 Å². The quantitative estimate of drug-likeness (QED) is 0.599. The van der Waals surface area contributed by atoms with Gasteiger partial charge in [0.25, 0.3) is 0 Å². The van der Waals surface area contributed by atoms with E-state index in [1.807, 2.05) is 0 Å². The highest BCUT2D eigenvalue weighted by atomic mass is 32.1. The van der Waals surface area contributed by atoms with Crippen molar-refractivity contribution in [3.63, 3.8) is 0 Å². The van der Waals surface area contributed by atoms with E-state index in [4.69, 9.17) is 9.84 Å². The molecule has 31 heavy (non-hydrogen) atoms. The zero-order valence-electron chi connectivity index (χ0n) is 16.9. The van der Waals surface area contributed by atoms with Gasteiger partial charge in [0, 0.05) is 11.4 Å². The third-order valence-electron chi connectivity index (χ3n) is 3.51. The second-order valence-corrected chi connectivity index (χ2v) is 8.17. The zero-order valence-corrected chi connectivity index (χ0v) is 17.7. The number of ether oxygens (including phenoxy) is 1. The van der Waals surface area contributed by atoms with Crippen LogP contribution >= 0.6 is 11.3 Å². The van der Waals surface area contributed by atoms with Gasteiger partial charge in [0.05, 0.1) is 12.2 Å². The fourth-order valence-electron chi connectivity index (χ4n) is 2.17. The number of aromatic nitrogens is 3. The summed E-state index contributed by atoms with van der Waals surface area (Å²) in [5.74, 6) is -2.15. The number of hydrogen-bond donors (Lipinski definition) is 3. The molecular formula is C17H20F3N5O5S. The number of rotatable bonds is 6. The first-order chi connectivity index (χ1) is 14.2. The third-order valence-corrected chi connectivity index (χ3v) is 4.37. The molecule has 0 radical (unpaired) electrons. The van der Waals surface area contributed by atoms with Gasteiger partial charge in [0.15, 0.2) is 11.4 Å². The van der Waals surface area contributed by atoms with Gasteiger partial charge in [-0.1, -0.05) is 0 Å². The molecule has 1 atom stereocenters. The summed E-state index contributed by atoms with van der Waals surface area (Å²) < 4.78 is 44.2. The first kappa shape index (κ1) is 24.1. The number of halogens is 3. The Hall–Kier alpha value is -3.16. The summed E-state index contributed by atoms with van der Waals surface area (Å²) in [5, 5.41) is 18.6. The molecule has 3 N–H and O–H groups in total. The maximum absolute atomic E-state index is 12.9. The van der Waals surface area contributed by atoms with Gasteiger partial charge in [-0.25, -0.2) is 14.6 Å². The smallest absolute Gasteiger partial charge is 0.435 e. The van der Waals surface area contributed by atoms with Crippen molar-refractivity contribution in [1.29, 1.82) is 0 Å². The highest BCUT2D eigenvalue weighted by molar-refractivity contribution is 7.12. The maximum Gasteiger partial charge on any atom is 0.435 e. The number of carbonyl (C=O) groups is 3. The molecule has 0 aliphatic carbocycles. The fraction of sp³-hybridized carbons (Fsp3) is 0.471. The van der Waals surface area contributed by atoms with Crippen molar-refractivity contribution >= 4 is 29.3 Å². The molecule has 0 bridgehead atoms. The lowest BCUT2D eigenvalue weighted by atomic mass is 10.2. The van der Waals surface area contributed by atoms with Crippen LogP contribution in [0.3, 0.4) is 0 Å². The second kappa shape index (κ2) is 8.91. The van der Waals surface area contributed by atoms with Crippen molar-refractivity contribution in [1.82, 2.24) is 25.4 Å². The van der Waals surface area contributed by atoms with Gasteiger partial charge in [-0.05, 0) is 27.7 Å². The molecule has 0 aromatic carbocycles. The van der Waals surface area contributed by atoms with Crippen molar-refractivity contribution < 1.29 is 37.4 Å². The lowest BCUT2D eigenvalue weighted by molar-refractivity contribution is -0.141. The van der Waals surface area contributed by atoms with E-state index in [9.17, 15) is 27.6 Å². The highest BCUT2D eigenvalue weighted by Crippen LogP contribution is 2.30. The Bertz CT molecular complexity index is 980. The van der Waals surface area contributed by atoms with Crippen molar-refractivity contribution in [2.24, 2.45) is 0 Å². The number of amides is 2. The molecule has 0 spiro atoms. The van der Waals surface area contributed by atoms with Crippen LogP contribution in [0.15, 0.2) is 11.4 Å². The van der Waals surface area contributed by atoms with Crippen LogP contribution in [0.5, 0.6) is 0 Å². The number of carbonyl (C=O) groups excluding carboxylic acids is 2. The molecule has 170 valence electrons. The topological polar surface area (TPSA) is 135 Å². The van der Waals surface area contributed by atoms with Crippen LogP contribution in [0.4, 0.5) is 18.0 Å². The number of nitrogens with one attached hydrogen (secondary N) is 2. The Morgan fingerprint density at radius 3 is 2.48 bits per heavy atom. The normalized spacial score (nSPS) is 12.9. The third kappa shape index (κ3) is 6.67. The summed E-state index contributed by atoms with van der Waals surface area (Å²) in [6.07, 6.45) is -5.59. The molecule has 0 aliphatic rings. The van der Waals surface area contributed by atoms with Crippen molar-refractivity contribution in [3.8, 4) is 5.13 Å². The molecule has 2 aromatic heterocycles. The SMILES string of the molecule is C[C@H](NC(=O)OC(C)(C)C)C(=O)NCc1csc(-n2nc(C(F)(F)F)cc2C(=O)O)n1. The Morgan fingerprint density at radius 1 is 1.29 bits per heavy atom. The number of hydrogen-bond acceptors (Lipinski definition) is 7. The van der Waals surface area contributed by atoms with Gasteiger partial charge in [-0.15, -0.1) is 11.3 Å². The predicted octanol–water partition coefficient (Wildman–Crippen LogP) is 2.58. The largest absolute Gasteiger partial charge is 0.477 e. The summed E-state index contributed by atoms with van der Waals surface area (Å²) >= 11 is 0.853. The molecule has 0 aliphatic heterocycles. The molecule has 2 amide bonds. The Kier molecular flexibility index (Phi) is 6.93. The number of thiazole rings is 1. The molecule has 0 unspecified atom stereocenters. The van der Waals surface area contributed by atoms with Crippen molar-refractivity contribution in [2.45, 2.75) is 52.1 Å². The van der Waals surface area contributed by atoms with E-state index >= 15 is 0 Å². The van der Waals surface area contributed by atoms with Gasteiger partial charge >= 0.3 is 18.2 Å². The van der Waals surface area contributed by atoms with Gasteiger partial charge < -0.3 is 20.5 Å². The first-order valence-electron chi connectivity index (χ1n) is 8.80. The van der Waals surface area contributed by atoms with E-state index in [-0.39, 0.29) is 17.4 Å². The van der Waals surface area contributed by atoms with Crippen LogP contribution in [-0.4, -0.2) is 49.5 Å². The number of carboxylic acid groups (broad SMARTS) is 1. The molecule has 2 aromatic rings. The summed E-state index contributed by atoms with van der Waals surface area (Å²) in [6, 6.07) is -0.512. The molecule has 14 heteroatoms. The van der Waals surface area contributed by atoms with Crippen molar-refractivity contribution in [3.05, 3.63) is 28.5 Å². The second-order valence-electron chi connectivity index (χ2n) is 7.34. The molecule has 0 saturated heterocycles. The van der Waals surface area contributed by atoms with Crippen LogP contribution in [0, 0.1) is 0 Å². The number of alkyl carbamates (subject to hydrolysis) is 1. The van der Waals surface area contributed by atoms with Gasteiger partial charge in [-0.3, -0.25) is 4.79 Å². The highest BCUT2D eigenvalue weighted by Gasteiger charge is 2.36. The molecule has 0 fully saturated rings. The van der Waals surface area contributed by atoms with Crippen LogP contribution in [0.25, 0.3) is 5.13 Å². The lowest BCUT2D eigenvalue weighted by Crippen LogP contribution is -2.46. The minimum Gasteiger partial charge on any atom is -0.477 e. The fourth-order valence-corrected chi connectivity index (χ4v) is 2.96. The number of nitrogens with zero attached hydrogens (tertiary/aromatic N) is 3. The lowest BCUT2D eigenvalue weighted by Gasteiger charge is -2.21. The number of alkyl halides is 3.